The number of phenolic OH excluding ortho intramolecular Hbond substituents is 1. The van der Waals surface area contributed by atoms with Crippen LogP contribution < -0.4 is 20.3 Å². The highest BCUT2D eigenvalue weighted by molar-refractivity contribution is 6.39. The number of nitrogens with one attached hydrogen (secondary N) is 2. The van der Waals surface area contributed by atoms with Gasteiger partial charge in [0.05, 0.1) is 5.69 Å². The summed E-state index contributed by atoms with van der Waals surface area (Å²) in [5.74, 6) is -1.53. The van der Waals surface area contributed by atoms with E-state index in [1.165, 1.54) is 30.3 Å². The number of carbonyl (C=O) groups excluding carboxylic acids is 4. The number of ether oxygens (including phenoxy) is 1. The number of hydrogen-bond acceptors (Lipinski definition) is 6. The molecule has 35 heavy (non-hydrogen) atoms. The lowest BCUT2D eigenvalue weighted by atomic mass is 10.1. The topological polar surface area (TPSA) is 125 Å². The van der Waals surface area contributed by atoms with Gasteiger partial charge in [0.25, 0.3) is 17.7 Å². The Labute approximate surface area is 200 Å². The molecular formula is C26H21N3O6. The Bertz CT molecular complexity index is 1330. The summed E-state index contributed by atoms with van der Waals surface area (Å²) in [6.45, 7) is 1.73. The highest BCUT2D eigenvalue weighted by atomic mass is 16.5. The van der Waals surface area contributed by atoms with E-state index in [4.69, 9.17) is 4.74 Å². The molecule has 5 amide bonds. The van der Waals surface area contributed by atoms with E-state index in [2.05, 4.69) is 10.6 Å². The zero-order valence-electron chi connectivity index (χ0n) is 18.6. The number of urea groups is 1. The van der Waals surface area contributed by atoms with Crippen LogP contribution >= 0.6 is 0 Å². The Balaban J connectivity index is 1.43. The third-order valence-corrected chi connectivity index (χ3v) is 5.07. The van der Waals surface area contributed by atoms with Gasteiger partial charge in [-0.05, 0) is 72.7 Å². The summed E-state index contributed by atoms with van der Waals surface area (Å²) in [6, 6.07) is 18.4. The largest absolute Gasteiger partial charge is 0.508 e. The summed E-state index contributed by atoms with van der Waals surface area (Å²) in [7, 11) is 0. The highest BCUT2D eigenvalue weighted by Crippen LogP contribution is 2.24. The number of carbonyl (C=O) groups is 4. The van der Waals surface area contributed by atoms with E-state index < -0.39 is 17.8 Å². The van der Waals surface area contributed by atoms with E-state index in [0.717, 1.165) is 10.5 Å². The van der Waals surface area contributed by atoms with Gasteiger partial charge >= 0.3 is 6.03 Å². The summed E-state index contributed by atoms with van der Waals surface area (Å²) in [4.78, 5) is 50.4. The fourth-order valence-corrected chi connectivity index (χ4v) is 3.39. The fraction of sp³-hybridized carbons (Fsp3) is 0.0769. The molecule has 0 bridgehead atoms. The smallest absolute Gasteiger partial charge is 0.335 e. The Hall–Kier alpha value is -4.92. The number of anilines is 2. The zero-order valence-corrected chi connectivity index (χ0v) is 18.6. The molecule has 176 valence electrons. The Morgan fingerprint density at radius 3 is 2.43 bits per heavy atom. The number of barbiturate groups is 1. The van der Waals surface area contributed by atoms with Crippen molar-refractivity contribution in [1.82, 2.24) is 5.32 Å². The minimum atomic E-state index is -0.879. The molecule has 3 aromatic carbocycles. The van der Waals surface area contributed by atoms with Crippen LogP contribution in [0, 0.1) is 6.92 Å². The average molecular weight is 471 g/mol. The van der Waals surface area contributed by atoms with Crippen LogP contribution in [0.3, 0.4) is 0 Å². The van der Waals surface area contributed by atoms with Gasteiger partial charge in [0, 0.05) is 5.69 Å². The summed E-state index contributed by atoms with van der Waals surface area (Å²) in [6.07, 6.45) is 1.35. The van der Waals surface area contributed by atoms with Gasteiger partial charge in [-0.3, -0.25) is 19.7 Å². The van der Waals surface area contributed by atoms with Crippen LogP contribution in [0.4, 0.5) is 16.2 Å². The molecule has 4 rings (SSSR count). The molecule has 1 heterocycles. The maximum Gasteiger partial charge on any atom is 0.335 e. The second kappa shape index (κ2) is 9.92. The molecule has 0 aromatic heterocycles. The van der Waals surface area contributed by atoms with Gasteiger partial charge in [-0.1, -0.05) is 24.3 Å². The van der Waals surface area contributed by atoms with Crippen LogP contribution in [0.15, 0.2) is 78.4 Å². The summed E-state index contributed by atoms with van der Waals surface area (Å²) in [5, 5.41) is 14.3. The Morgan fingerprint density at radius 1 is 1.03 bits per heavy atom. The number of aromatic hydroxyl groups is 1. The minimum Gasteiger partial charge on any atom is -0.508 e. The molecular weight excluding hydrogens is 450 g/mol. The summed E-state index contributed by atoms with van der Waals surface area (Å²) in [5.41, 5.74) is 2.19. The predicted molar refractivity (Wildman–Crippen MR) is 129 cm³/mol. The van der Waals surface area contributed by atoms with Crippen molar-refractivity contribution in [3.63, 3.8) is 0 Å². The molecule has 1 aliphatic rings. The number of imide groups is 2. The lowest BCUT2D eigenvalue weighted by Crippen LogP contribution is -2.54. The van der Waals surface area contributed by atoms with Crippen molar-refractivity contribution in [2.45, 2.75) is 6.92 Å². The van der Waals surface area contributed by atoms with E-state index in [-0.39, 0.29) is 29.5 Å². The maximum absolute atomic E-state index is 12.9. The number of nitrogens with zero attached hydrogens (tertiary/aromatic N) is 1. The molecule has 9 heteroatoms. The first kappa shape index (κ1) is 23.2. The van der Waals surface area contributed by atoms with Crippen molar-refractivity contribution in [2.24, 2.45) is 0 Å². The first-order valence-electron chi connectivity index (χ1n) is 10.6. The van der Waals surface area contributed by atoms with Crippen LogP contribution in [-0.2, 0) is 14.4 Å². The molecule has 0 atom stereocenters. The van der Waals surface area contributed by atoms with E-state index >= 15 is 0 Å². The monoisotopic (exact) mass is 471 g/mol. The van der Waals surface area contributed by atoms with Crippen LogP contribution in [0.25, 0.3) is 6.08 Å². The molecule has 0 saturated carbocycles. The van der Waals surface area contributed by atoms with Crippen molar-refractivity contribution >= 4 is 41.2 Å². The standard InChI is InChI=1S/C26H21N3O6/c1-16-3-2-4-18(13-16)27-23(31)15-35-21-11-5-17(6-12-21)14-22-24(32)28-26(34)29(25(22)33)19-7-9-20(30)10-8-19/h2-14,30H,15H2,1H3,(H,27,31)(H,28,32,34)/b22-14+. The van der Waals surface area contributed by atoms with Gasteiger partial charge in [-0.15, -0.1) is 0 Å². The molecule has 0 radical (unpaired) electrons. The molecule has 0 spiro atoms. The van der Waals surface area contributed by atoms with Crippen molar-refractivity contribution in [1.29, 1.82) is 0 Å². The predicted octanol–water partition coefficient (Wildman–Crippen LogP) is 3.38. The highest BCUT2D eigenvalue weighted by Gasteiger charge is 2.36. The zero-order chi connectivity index (χ0) is 24.9. The quantitative estimate of drug-likeness (QED) is 0.374. The van der Waals surface area contributed by atoms with E-state index in [1.54, 1.807) is 30.3 Å². The lowest BCUT2D eigenvalue weighted by molar-refractivity contribution is -0.122. The molecule has 1 saturated heterocycles. The van der Waals surface area contributed by atoms with Crippen molar-refractivity contribution in [2.75, 3.05) is 16.8 Å². The van der Waals surface area contributed by atoms with Gasteiger partial charge in [0.1, 0.15) is 17.1 Å². The number of amides is 5. The molecule has 0 unspecified atom stereocenters. The van der Waals surface area contributed by atoms with Gasteiger partial charge in [0.2, 0.25) is 0 Å². The van der Waals surface area contributed by atoms with Gasteiger partial charge in [-0.25, -0.2) is 9.69 Å². The summed E-state index contributed by atoms with van der Waals surface area (Å²) >= 11 is 0. The molecule has 3 aromatic rings. The second-order valence-electron chi connectivity index (χ2n) is 7.75. The molecule has 3 N–H and O–H groups in total. The van der Waals surface area contributed by atoms with Crippen molar-refractivity contribution < 1.29 is 29.0 Å². The number of benzene rings is 3. The van der Waals surface area contributed by atoms with Crippen LogP contribution in [0.5, 0.6) is 11.5 Å². The van der Waals surface area contributed by atoms with Crippen molar-refractivity contribution in [3.8, 4) is 11.5 Å². The average Bonchev–Trinajstić information content (AvgIpc) is 2.82. The van der Waals surface area contributed by atoms with Gasteiger partial charge in [0.15, 0.2) is 6.61 Å². The normalized spacial score (nSPS) is 14.6. The van der Waals surface area contributed by atoms with Crippen LogP contribution in [0.2, 0.25) is 0 Å². The third-order valence-electron chi connectivity index (χ3n) is 5.07. The number of hydrogen-bond donors (Lipinski definition) is 3. The van der Waals surface area contributed by atoms with Crippen LogP contribution in [-0.4, -0.2) is 35.5 Å². The van der Waals surface area contributed by atoms with Crippen LogP contribution in [0.1, 0.15) is 11.1 Å². The van der Waals surface area contributed by atoms with E-state index in [1.807, 2.05) is 25.1 Å². The minimum absolute atomic E-state index is 0.0274. The summed E-state index contributed by atoms with van der Waals surface area (Å²) < 4.78 is 5.50. The number of aryl methyl sites for hydroxylation is 1. The van der Waals surface area contributed by atoms with E-state index in [0.29, 0.717) is 17.0 Å². The number of phenols is 1. The van der Waals surface area contributed by atoms with Crippen molar-refractivity contribution in [3.05, 3.63) is 89.5 Å². The SMILES string of the molecule is Cc1cccc(NC(=O)COc2ccc(/C=C3\C(=O)NC(=O)N(c4ccc(O)cc4)C3=O)cc2)c1. The maximum atomic E-state index is 12.9. The fourth-order valence-electron chi connectivity index (χ4n) is 3.39. The Kier molecular flexibility index (Phi) is 6.59. The number of rotatable bonds is 6. The lowest BCUT2D eigenvalue weighted by Gasteiger charge is -2.26. The van der Waals surface area contributed by atoms with Gasteiger partial charge < -0.3 is 15.2 Å². The first-order valence-corrected chi connectivity index (χ1v) is 10.6. The molecule has 9 nitrogen and oxygen atoms in total. The third kappa shape index (κ3) is 5.53. The molecule has 1 fully saturated rings. The van der Waals surface area contributed by atoms with Gasteiger partial charge in [-0.2, -0.15) is 0 Å². The molecule has 1 aliphatic heterocycles. The first-order chi connectivity index (χ1) is 16.8. The molecule has 0 aliphatic carbocycles. The Morgan fingerprint density at radius 2 is 1.74 bits per heavy atom. The van der Waals surface area contributed by atoms with E-state index in [9.17, 15) is 24.3 Å². The second-order valence-corrected chi connectivity index (χ2v) is 7.75.